The topological polar surface area (TPSA) is 115 Å². The number of carboxylic acids is 1. The minimum Gasteiger partial charge on any atom is -0.477 e. The highest BCUT2D eigenvalue weighted by Gasteiger charge is 2.30. The van der Waals surface area contributed by atoms with Crippen molar-refractivity contribution in [3.05, 3.63) is 17.5 Å². The maximum Gasteiger partial charge on any atom is 0.341 e. The molecule has 8 heteroatoms. The van der Waals surface area contributed by atoms with Crippen molar-refractivity contribution >= 4 is 20.9 Å². The summed E-state index contributed by atoms with van der Waals surface area (Å²) in [5, 5.41) is 10.3. The summed E-state index contributed by atoms with van der Waals surface area (Å²) < 4.78 is 26.6. The summed E-state index contributed by atoms with van der Waals surface area (Å²) in [5.41, 5.74) is -0.558. The van der Waals surface area contributed by atoms with E-state index in [1.54, 1.807) is 0 Å². The molecule has 1 rings (SSSR count). The van der Waals surface area contributed by atoms with Crippen LogP contribution in [0.4, 0.5) is 0 Å². The average molecular weight is 233 g/mol. The zero-order chi connectivity index (χ0) is 11.6. The van der Waals surface area contributed by atoms with Crippen LogP contribution in [0, 0.1) is 0 Å². The zero-order valence-corrected chi connectivity index (χ0v) is 8.44. The first kappa shape index (κ1) is 11.4. The molecule has 0 aliphatic rings. The van der Waals surface area contributed by atoms with Crippen LogP contribution in [0.3, 0.4) is 0 Å². The number of carbonyl (C=O) groups excluding carboxylic acids is 1. The Hall–Kier alpha value is -1.70. The number of nitrogens with zero attached hydrogens (tertiary/aromatic N) is 1. The molecule has 0 saturated carbocycles. The second-order valence-corrected chi connectivity index (χ2v) is 4.74. The van der Waals surface area contributed by atoms with E-state index in [1.165, 1.54) is 6.92 Å². The fourth-order valence-corrected chi connectivity index (χ4v) is 1.50. The van der Waals surface area contributed by atoms with Gasteiger partial charge in [0.1, 0.15) is 5.56 Å². The normalized spacial score (nSPS) is 11.3. The molecular formula is C7H7NO6S. The Morgan fingerprint density at radius 3 is 2.60 bits per heavy atom. The first-order valence-corrected chi connectivity index (χ1v) is 5.50. The molecule has 7 nitrogen and oxygen atoms in total. The van der Waals surface area contributed by atoms with Crippen LogP contribution in [0.1, 0.15) is 27.8 Å². The van der Waals surface area contributed by atoms with Gasteiger partial charge in [-0.15, -0.1) is 0 Å². The predicted molar refractivity (Wildman–Crippen MR) is 47.3 cm³/mol. The number of hydrogen-bond acceptors (Lipinski definition) is 6. The number of sulfone groups is 1. The summed E-state index contributed by atoms with van der Waals surface area (Å²) in [6.07, 6.45) is 0.779. The highest BCUT2D eigenvalue weighted by atomic mass is 32.2. The monoisotopic (exact) mass is 233 g/mol. The Balaban J connectivity index is 3.24. The van der Waals surface area contributed by atoms with Crippen LogP contribution in [0.25, 0.3) is 0 Å². The second kappa shape index (κ2) is 3.81. The molecule has 0 bridgehead atoms. The number of carbonyl (C=O) groups is 2. The zero-order valence-electron chi connectivity index (χ0n) is 7.63. The third kappa shape index (κ3) is 2.04. The van der Waals surface area contributed by atoms with E-state index in [-0.39, 0.29) is 0 Å². The first-order chi connectivity index (χ1) is 6.90. The number of carboxylic acid groups (broad SMARTS) is 1. The van der Waals surface area contributed by atoms with E-state index >= 15 is 0 Å². The van der Waals surface area contributed by atoms with E-state index in [0.717, 1.165) is 6.20 Å². The third-order valence-electron chi connectivity index (χ3n) is 1.65. The number of hydrogen-bond donors (Lipinski definition) is 1. The molecule has 0 spiro atoms. The van der Waals surface area contributed by atoms with E-state index < -0.39 is 38.0 Å². The quantitative estimate of drug-likeness (QED) is 0.777. The van der Waals surface area contributed by atoms with Gasteiger partial charge in [-0.05, 0) is 0 Å². The highest BCUT2D eigenvalue weighted by molar-refractivity contribution is 8.06. The standard InChI is InChI=1S/C7H7NO6S/c1-2-15(12,13)7(11)5-4(6(9)10)3-8-14-5/h3H,2H2,1H3,(H,9,10). The van der Waals surface area contributed by atoms with Crippen molar-refractivity contribution in [1.29, 1.82) is 0 Å². The molecule has 0 aromatic carbocycles. The maximum absolute atomic E-state index is 11.3. The van der Waals surface area contributed by atoms with Gasteiger partial charge in [-0.25, -0.2) is 13.2 Å². The number of rotatable bonds is 3. The lowest BCUT2D eigenvalue weighted by atomic mass is 10.3. The van der Waals surface area contributed by atoms with Gasteiger partial charge in [0.25, 0.3) is 0 Å². The van der Waals surface area contributed by atoms with Gasteiger partial charge >= 0.3 is 11.1 Å². The van der Waals surface area contributed by atoms with E-state index in [9.17, 15) is 18.0 Å². The first-order valence-electron chi connectivity index (χ1n) is 3.85. The molecule has 0 atom stereocenters. The van der Waals surface area contributed by atoms with Crippen molar-refractivity contribution in [2.24, 2.45) is 0 Å². The summed E-state index contributed by atoms with van der Waals surface area (Å²) >= 11 is 0. The van der Waals surface area contributed by atoms with E-state index in [4.69, 9.17) is 5.11 Å². The third-order valence-corrected chi connectivity index (χ3v) is 3.16. The molecule has 1 N–H and O–H groups in total. The summed E-state index contributed by atoms with van der Waals surface area (Å²) in [6.45, 7) is 1.27. The van der Waals surface area contributed by atoms with Crippen molar-refractivity contribution in [2.75, 3.05) is 5.75 Å². The molecule has 0 amide bonds. The minimum absolute atomic E-state index is 0.425. The van der Waals surface area contributed by atoms with Crippen molar-refractivity contribution in [2.45, 2.75) is 6.92 Å². The van der Waals surface area contributed by atoms with Crippen molar-refractivity contribution in [3.63, 3.8) is 0 Å². The molecule has 0 aliphatic heterocycles. The fourth-order valence-electron chi connectivity index (χ4n) is 0.811. The highest BCUT2D eigenvalue weighted by Crippen LogP contribution is 2.12. The molecule has 15 heavy (non-hydrogen) atoms. The average Bonchev–Trinajstić information content (AvgIpc) is 2.64. The van der Waals surface area contributed by atoms with Crippen LogP contribution in [-0.2, 0) is 9.84 Å². The smallest absolute Gasteiger partial charge is 0.341 e. The Kier molecular flexibility index (Phi) is 2.89. The van der Waals surface area contributed by atoms with Crippen molar-refractivity contribution in [1.82, 2.24) is 5.16 Å². The van der Waals surface area contributed by atoms with E-state index in [2.05, 4.69) is 9.68 Å². The Bertz CT molecular complexity index is 499. The molecular weight excluding hydrogens is 226 g/mol. The molecule has 1 heterocycles. The Labute approximate surface area is 84.6 Å². The molecule has 0 saturated heterocycles. The van der Waals surface area contributed by atoms with Gasteiger partial charge in [-0.1, -0.05) is 12.1 Å². The number of aromatic carboxylic acids is 1. The Morgan fingerprint density at radius 1 is 1.53 bits per heavy atom. The minimum atomic E-state index is -4.01. The lowest BCUT2D eigenvalue weighted by Crippen LogP contribution is -2.18. The molecule has 1 aromatic rings. The van der Waals surface area contributed by atoms with Gasteiger partial charge in [0, 0.05) is 0 Å². The maximum atomic E-state index is 11.3. The van der Waals surface area contributed by atoms with Gasteiger partial charge in [0.15, 0.2) is 0 Å². The van der Waals surface area contributed by atoms with Gasteiger partial charge in [0.05, 0.1) is 11.9 Å². The van der Waals surface area contributed by atoms with Crippen LogP contribution in [0.15, 0.2) is 10.7 Å². The van der Waals surface area contributed by atoms with E-state index in [0.29, 0.717) is 0 Å². The van der Waals surface area contributed by atoms with Gasteiger partial charge < -0.3 is 9.63 Å². The summed E-state index contributed by atoms with van der Waals surface area (Å²) in [5.74, 6) is -2.65. The summed E-state index contributed by atoms with van der Waals surface area (Å²) in [6, 6.07) is 0. The van der Waals surface area contributed by atoms with Gasteiger partial charge in [-0.2, -0.15) is 0 Å². The lowest BCUT2D eigenvalue weighted by Gasteiger charge is -1.96. The predicted octanol–water partition coefficient (Wildman–Crippen LogP) is -0.0523. The Morgan fingerprint density at radius 2 is 2.13 bits per heavy atom. The SMILES string of the molecule is CCS(=O)(=O)C(=O)c1oncc1C(=O)O. The van der Waals surface area contributed by atoms with Crippen LogP contribution in [0.5, 0.6) is 0 Å². The molecule has 0 radical (unpaired) electrons. The summed E-state index contributed by atoms with van der Waals surface area (Å²) in [4.78, 5) is 21.9. The largest absolute Gasteiger partial charge is 0.477 e. The number of aromatic nitrogens is 1. The molecule has 82 valence electrons. The summed E-state index contributed by atoms with van der Waals surface area (Å²) in [7, 11) is -4.01. The van der Waals surface area contributed by atoms with Crippen LogP contribution < -0.4 is 0 Å². The van der Waals surface area contributed by atoms with Gasteiger partial charge in [0.2, 0.25) is 15.6 Å². The lowest BCUT2D eigenvalue weighted by molar-refractivity contribution is 0.0691. The van der Waals surface area contributed by atoms with Gasteiger partial charge in [-0.3, -0.25) is 4.79 Å². The molecule has 0 aliphatic carbocycles. The second-order valence-electron chi connectivity index (χ2n) is 2.56. The molecule has 0 unspecified atom stereocenters. The van der Waals surface area contributed by atoms with Crippen molar-refractivity contribution < 1.29 is 27.6 Å². The fraction of sp³-hybridized carbons (Fsp3) is 0.286. The van der Waals surface area contributed by atoms with Crippen LogP contribution in [-0.4, -0.2) is 35.5 Å². The molecule has 1 aromatic heterocycles. The van der Waals surface area contributed by atoms with Crippen LogP contribution in [0.2, 0.25) is 0 Å². The van der Waals surface area contributed by atoms with E-state index in [1.807, 2.05) is 0 Å². The molecule has 0 fully saturated rings. The van der Waals surface area contributed by atoms with Crippen LogP contribution >= 0.6 is 0 Å². The van der Waals surface area contributed by atoms with Crippen molar-refractivity contribution in [3.8, 4) is 0 Å².